The first kappa shape index (κ1) is 12.5. The number of nitrogens with two attached hydrogens (primary N) is 1. The van der Waals surface area contributed by atoms with Gasteiger partial charge in [-0.2, -0.15) is 0 Å². The fraction of sp³-hybridized carbons (Fsp3) is 0.0526. The van der Waals surface area contributed by atoms with E-state index in [1.165, 1.54) is 27.8 Å². The van der Waals surface area contributed by atoms with E-state index in [0.717, 1.165) is 5.69 Å². The minimum absolute atomic E-state index is 0.812. The number of nitrogen functional groups attached to an aromatic ring is 1. The first-order valence-electron chi connectivity index (χ1n) is 6.76. The lowest BCUT2D eigenvalue weighted by Gasteiger charge is -2.08. The van der Waals surface area contributed by atoms with E-state index in [0.29, 0.717) is 0 Å². The molecule has 0 bridgehead atoms. The van der Waals surface area contributed by atoms with Gasteiger partial charge in [-0.25, -0.2) is 0 Å². The highest BCUT2D eigenvalue weighted by molar-refractivity contribution is 5.73. The molecule has 2 N–H and O–H groups in total. The van der Waals surface area contributed by atoms with Crippen LogP contribution in [0, 0.1) is 6.92 Å². The van der Waals surface area contributed by atoms with Gasteiger partial charge in [0.1, 0.15) is 0 Å². The van der Waals surface area contributed by atoms with E-state index in [9.17, 15) is 0 Å². The van der Waals surface area contributed by atoms with Crippen molar-refractivity contribution in [3.63, 3.8) is 0 Å². The van der Waals surface area contributed by atoms with Crippen molar-refractivity contribution in [3.05, 3.63) is 78.4 Å². The molecule has 3 aromatic carbocycles. The third-order valence-electron chi connectivity index (χ3n) is 3.55. The lowest BCUT2D eigenvalue weighted by Crippen LogP contribution is -1.88. The fourth-order valence-electron chi connectivity index (χ4n) is 2.48. The Labute approximate surface area is 119 Å². The van der Waals surface area contributed by atoms with Crippen molar-refractivity contribution in [2.75, 3.05) is 5.73 Å². The van der Waals surface area contributed by atoms with E-state index in [1.807, 2.05) is 18.2 Å². The normalized spacial score (nSPS) is 10.4. The molecule has 1 heteroatoms. The van der Waals surface area contributed by atoms with Crippen molar-refractivity contribution < 1.29 is 0 Å². The van der Waals surface area contributed by atoms with Gasteiger partial charge < -0.3 is 5.73 Å². The molecule has 0 saturated carbocycles. The Kier molecular flexibility index (Phi) is 3.26. The Balaban J connectivity index is 1.97. The topological polar surface area (TPSA) is 26.0 Å². The molecule has 0 unspecified atom stereocenters. The summed E-state index contributed by atoms with van der Waals surface area (Å²) in [5.74, 6) is 0. The van der Waals surface area contributed by atoms with Gasteiger partial charge in [-0.05, 0) is 46.9 Å². The first-order chi connectivity index (χ1) is 9.74. The number of hydrogen-bond acceptors (Lipinski definition) is 1. The summed E-state index contributed by atoms with van der Waals surface area (Å²) in [6, 6.07) is 25.1. The van der Waals surface area contributed by atoms with Gasteiger partial charge in [-0.15, -0.1) is 0 Å². The molecule has 0 aliphatic heterocycles. The Hall–Kier alpha value is -2.54. The van der Waals surface area contributed by atoms with Crippen LogP contribution >= 0.6 is 0 Å². The molecule has 1 nitrogen and oxygen atoms in total. The van der Waals surface area contributed by atoms with E-state index >= 15 is 0 Å². The van der Waals surface area contributed by atoms with Crippen molar-refractivity contribution in [1.82, 2.24) is 0 Å². The summed E-state index contributed by atoms with van der Waals surface area (Å²) in [5, 5.41) is 0. The lowest BCUT2D eigenvalue weighted by molar-refractivity contribution is 1.46. The minimum atomic E-state index is 0.812. The SMILES string of the molecule is Cc1cc(N)ccc1-c1ccc(-c2ccccc2)cc1. The van der Waals surface area contributed by atoms with E-state index in [4.69, 9.17) is 5.73 Å². The summed E-state index contributed by atoms with van der Waals surface area (Å²) in [4.78, 5) is 0. The standard InChI is InChI=1S/C19H17N/c1-14-13-18(20)11-12-19(14)17-9-7-16(8-10-17)15-5-3-2-4-6-15/h2-13H,20H2,1H3. The predicted molar refractivity (Wildman–Crippen MR) is 86.5 cm³/mol. The molecule has 0 radical (unpaired) electrons. The van der Waals surface area contributed by atoms with Gasteiger partial charge in [0, 0.05) is 5.69 Å². The fourth-order valence-corrected chi connectivity index (χ4v) is 2.48. The van der Waals surface area contributed by atoms with Crippen LogP contribution in [0.4, 0.5) is 5.69 Å². The maximum atomic E-state index is 5.81. The van der Waals surface area contributed by atoms with Crippen molar-refractivity contribution in [2.45, 2.75) is 6.92 Å². The van der Waals surface area contributed by atoms with Gasteiger partial charge in [0.25, 0.3) is 0 Å². The van der Waals surface area contributed by atoms with E-state index < -0.39 is 0 Å². The maximum absolute atomic E-state index is 5.81. The molecule has 0 amide bonds. The summed E-state index contributed by atoms with van der Waals surface area (Å²) in [7, 11) is 0. The zero-order valence-electron chi connectivity index (χ0n) is 11.5. The van der Waals surface area contributed by atoms with Crippen LogP contribution in [0.25, 0.3) is 22.3 Å². The molecule has 3 aromatic rings. The Morgan fingerprint density at radius 1 is 0.650 bits per heavy atom. The molecule has 20 heavy (non-hydrogen) atoms. The largest absolute Gasteiger partial charge is 0.399 e. The average Bonchev–Trinajstić information content (AvgIpc) is 2.48. The molecular formula is C19H17N. The van der Waals surface area contributed by atoms with E-state index in [2.05, 4.69) is 61.5 Å². The number of hydrogen-bond donors (Lipinski definition) is 1. The quantitative estimate of drug-likeness (QED) is 0.650. The third-order valence-corrected chi connectivity index (χ3v) is 3.55. The van der Waals surface area contributed by atoms with Gasteiger partial charge >= 0.3 is 0 Å². The van der Waals surface area contributed by atoms with Gasteiger partial charge in [0.05, 0.1) is 0 Å². The van der Waals surface area contributed by atoms with Crippen molar-refractivity contribution >= 4 is 5.69 Å². The van der Waals surface area contributed by atoms with E-state index in [1.54, 1.807) is 0 Å². The van der Waals surface area contributed by atoms with Crippen LogP contribution in [0.5, 0.6) is 0 Å². The summed E-state index contributed by atoms with van der Waals surface area (Å²) < 4.78 is 0. The highest BCUT2D eigenvalue weighted by atomic mass is 14.5. The summed E-state index contributed by atoms with van der Waals surface area (Å²) in [6.07, 6.45) is 0. The number of benzene rings is 3. The van der Waals surface area contributed by atoms with Gasteiger partial charge in [-0.3, -0.25) is 0 Å². The molecule has 98 valence electrons. The van der Waals surface area contributed by atoms with Crippen LogP contribution in [-0.2, 0) is 0 Å². The lowest BCUT2D eigenvalue weighted by atomic mass is 9.97. The van der Waals surface area contributed by atoms with Gasteiger partial charge in [0.2, 0.25) is 0 Å². The van der Waals surface area contributed by atoms with Crippen LogP contribution in [-0.4, -0.2) is 0 Å². The Morgan fingerprint density at radius 3 is 1.90 bits per heavy atom. The second-order valence-corrected chi connectivity index (χ2v) is 5.02. The highest BCUT2D eigenvalue weighted by Gasteiger charge is 2.03. The molecule has 0 aliphatic rings. The second kappa shape index (κ2) is 5.22. The number of rotatable bonds is 2. The third kappa shape index (κ3) is 2.43. The molecule has 0 saturated heterocycles. The zero-order valence-corrected chi connectivity index (χ0v) is 11.5. The molecule has 0 aromatic heterocycles. The Bertz CT molecular complexity index is 713. The first-order valence-corrected chi connectivity index (χ1v) is 6.76. The van der Waals surface area contributed by atoms with E-state index in [-0.39, 0.29) is 0 Å². The molecular weight excluding hydrogens is 242 g/mol. The van der Waals surface area contributed by atoms with Crippen LogP contribution < -0.4 is 5.73 Å². The monoisotopic (exact) mass is 259 g/mol. The predicted octanol–water partition coefficient (Wildman–Crippen LogP) is 4.91. The Morgan fingerprint density at radius 2 is 1.25 bits per heavy atom. The average molecular weight is 259 g/mol. The van der Waals surface area contributed by atoms with Crippen LogP contribution in [0.2, 0.25) is 0 Å². The zero-order chi connectivity index (χ0) is 13.9. The van der Waals surface area contributed by atoms with Crippen molar-refractivity contribution in [3.8, 4) is 22.3 Å². The molecule has 0 fully saturated rings. The molecule has 0 aliphatic carbocycles. The van der Waals surface area contributed by atoms with Crippen molar-refractivity contribution in [2.24, 2.45) is 0 Å². The number of anilines is 1. The second-order valence-electron chi connectivity index (χ2n) is 5.02. The van der Waals surface area contributed by atoms with Crippen LogP contribution in [0.3, 0.4) is 0 Å². The summed E-state index contributed by atoms with van der Waals surface area (Å²) in [6.45, 7) is 2.09. The molecule has 0 heterocycles. The van der Waals surface area contributed by atoms with Crippen LogP contribution in [0.1, 0.15) is 5.56 Å². The van der Waals surface area contributed by atoms with Gasteiger partial charge in [0.15, 0.2) is 0 Å². The summed E-state index contributed by atoms with van der Waals surface area (Å²) in [5.41, 5.74) is 12.8. The smallest absolute Gasteiger partial charge is 0.0317 e. The molecule has 0 spiro atoms. The summed E-state index contributed by atoms with van der Waals surface area (Å²) >= 11 is 0. The van der Waals surface area contributed by atoms with Crippen molar-refractivity contribution in [1.29, 1.82) is 0 Å². The minimum Gasteiger partial charge on any atom is -0.399 e. The van der Waals surface area contributed by atoms with Crippen LogP contribution in [0.15, 0.2) is 72.8 Å². The number of aryl methyl sites for hydroxylation is 1. The maximum Gasteiger partial charge on any atom is 0.0317 e. The van der Waals surface area contributed by atoms with Gasteiger partial charge in [-0.1, -0.05) is 60.7 Å². The molecule has 0 atom stereocenters. The molecule has 3 rings (SSSR count). The highest BCUT2D eigenvalue weighted by Crippen LogP contribution is 2.27.